The topological polar surface area (TPSA) is 98.4 Å². The molecule has 0 aliphatic heterocycles. The maximum Gasteiger partial charge on any atom is 0.331 e. The van der Waals surface area contributed by atoms with Crippen LogP contribution in [0.5, 0.6) is 0 Å². The van der Waals surface area contributed by atoms with Crippen LogP contribution >= 0.6 is 12.4 Å². The molecule has 9 heteroatoms. The van der Waals surface area contributed by atoms with E-state index in [1.54, 1.807) is 13.8 Å². The largest absolute Gasteiger partial charge is 0.331 e. The maximum atomic E-state index is 12.2. The van der Waals surface area contributed by atoms with E-state index in [0.717, 1.165) is 10.6 Å². The van der Waals surface area contributed by atoms with E-state index in [1.807, 2.05) is 0 Å². The first kappa shape index (κ1) is 17.4. The fourth-order valence-electron chi connectivity index (χ4n) is 2.15. The fourth-order valence-corrected chi connectivity index (χ4v) is 2.65. The third-order valence-electron chi connectivity index (χ3n) is 3.13. The average Bonchev–Trinajstić information content (AvgIpc) is 2.38. The second-order valence-corrected chi connectivity index (χ2v) is 5.65. The number of benzene rings is 1. The number of rotatable bonds is 3. The van der Waals surface area contributed by atoms with Crippen LogP contribution < -0.4 is 11.2 Å². The van der Waals surface area contributed by atoms with Crippen molar-refractivity contribution < 1.29 is 13.0 Å². The normalized spacial score (nSPS) is 11.4. The lowest BCUT2D eigenvalue weighted by Crippen LogP contribution is -2.39. The lowest BCUT2D eigenvalue weighted by atomic mass is 10.2. The molecule has 0 spiro atoms. The summed E-state index contributed by atoms with van der Waals surface area (Å²) in [7, 11) is -4.40. The Hall–Kier alpha value is -1.64. The van der Waals surface area contributed by atoms with Crippen LogP contribution in [-0.4, -0.2) is 22.1 Å². The van der Waals surface area contributed by atoms with Crippen molar-refractivity contribution in [3.63, 3.8) is 0 Å². The minimum Gasteiger partial charge on any atom is -0.293 e. The molecule has 0 aliphatic rings. The highest BCUT2D eigenvalue weighted by molar-refractivity contribution is 7.85. The second kappa shape index (κ2) is 6.00. The zero-order chi connectivity index (χ0) is 15.1. The van der Waals surface area contributed by atoms with Crippen LogP contribution in [0, 0.1) is 0 Å². The van der Waals surface area contributed by atoms with Crippen molar-refractivity contribution in [2.75, 3.05) is 0 Å². The van der Waals surface area contributed by atoms with E-state index in [-0.39, 0.29) is 29.2 Å². The first-order valence-corrected chi connectivity index (χ1v) is 7.50. The number of aromatic nitrogens is 2. The fraction of sp³-hybridized carbons (Fsp3) is 0.333. The van der Waals surface area contributed by atoms with E-state index in [2.05, 4.69) is 0 Å². The zero-order valence-corrected chi connectivity index (χ0v) is 13.1. The Bertz CT molecular complexity index is 898. The Labute approximate surface area is 127 Å². The molecule has 0 saturated heterocycles. The van der Waals surface area contributed by atoms with E-state index in [4.69, 9.17) is 4.55 Å². The Kier molecular flexibility index (Phi) is 4.98. The SMILES string of the molecule is CCn1c(=O)c2cc(S(=O)(=O)O)ccc2n(CC)c1=O.Cl. The first-order valence-electron chi connectivity index (χ1n) is 6.06. The predicted octanol–water partition coefficient (Wildman–Crippen LogP) is 0.871. The van der Waals surface area contributed by atoms with Crippen LogP contribution in [0.1, 0.15) is 13.8 Å². The van der Waals surface area contributed by atoms with Crippen molar-refractivity contribution in [2.45, 2.75) is 31.8 Å². The second-order valence-electron chi connectivity index (χ2n) is 4.23. The van der Waals surface area contributed by atoms with Crippen LogP contribution in [0.3, 0.4) is 0 Å². The predicted molar refractivity (Wildman–Crippen MR) is 80.9 cm³/mol. The summed E-state index contributed by atoms with van der Waals surface area (Å²) in [6, 6.07) is 3.61. The van der Waals surface area contributed by atoms with Gasteiger partial charge in [-0.2, -0.15) is 8.42 Å². The van der Waals surface area contributed by atoms with Gasteiger partial charge in [0, 0.05) is 13.1 Å². The highest BCUT2D eigenvalue weighted by atomic mass is 35.5. The van der Waals surface area contributed by atoms with Crippen LogP contribution in [0.4, 0.5) is 0 Å². The van der Waals surface area contributed by atoms with Crippen LogP contribution in [0.25, 0.3) is 10.9 Å². The Morgan fingerprint density at radius 3 is 2.14 bits per heavy atom. The van der Waals surface area contributed by atoms with Gasteiger partial charge in [0.25, 0.3) is 15.7 Å². The minimum absolute atomic E-state index is 0. The third kappa shape index (κ3) is 2.87. The standard InChI is InChI=1S/C12H14N2O5S.ClH/c1-3-13-10-6-5-8(20(17,18)19)7-9(10)11(15)14(4-2)12(13)16;/h5-7H,3-4H2,1-2H3,(H,17,18,19);1H. The van der Waals surface area contributed by atoms with E-state index in [1.165, 1.54) is 16.7 Å². The number of aryl methyl sites for hydroxylation is 1. The summed E-state index contributed by atoms with van der Waals surface area (Å²) < 4.78 is 33.7. The molecule has 2 aromatic rings. The molecular weight excluding hydrogens is 320 g/mol. The smallest absolute Gasteiger partial charge is 0.293 e. The maximum absolute atomic E-state index is 12.2. The molecule has 0 fully saturated rings. The van der Waals surface area contributed by atoms with Gasteiger partial charge in [-0.1, -0.05) is 0 Å². The summed E-state index contributed by atoms with van der Waals surface area (Å²) in [6.45, 7) is 3.94. The first-order chi connectivity index (χ1) is 9.31. The van der Waals surface area contributed by atoms with Crippen LogP contribution in [0.2, 0.25) is 0 Å². The van der Waals surface area contributed by atoms with Gasteiger partial charge in [0.1, 0.15) is 0 Å². The summed E-state index contributed by atoms with van der Waals surface area (Å²) >= 11 is 0. The lowest BCUT2D eigenvalue weighted by molar-refractivity contribution is 0.483. The molecule has 116 valence electrons. The molecule has 1 heterocycles. The third-order valence-corrected chi connectivity index (χ3v) is 3.98. The molecule has 0 atom stereocenters. The molecule has 2 rings (SSSR count). The molecule has 0 unspecified atom stereocenters. The molecule has 0 bridgehead atoms. The number of nitrogens with zero attached hydrogens (tertiary/aromatic N) is 2. The summed E-state index contributed by atoms with van der Waals surface area (Å²) in [5, 5.41) is 0.0865. The van der Waals surface area contributed by atoms with Crippen molar-refractivity contribution in [1.29, 1.82) is 0 Å². The quantitative estimate of drug-likeness (QED) is 0.840. The highest BCUT2D eigenvalue weighted by Crippen LogP contribution is 2.15. The summed E-state index contributed by atoms with van der Waals surface area (Å²) in [4.78, 5) is 23.9. The van der Waals surface area contributed by atoms with Gasteiger partial charge in [-0.3, -0.25) is 18.5 Å². The lowest BCUT2D eigenvalue weighted by Gasteiger charge is -2.11. The number of hydrogen-bond acceptors (Lipinski definition) is 4. The van der Waals surface area contributed by atoms with Crippen LogP contribution in [0.15, 0.2) is 32.7 Å². The van der Waals surface area contributed by atoms with Gasteiger partial charge in [0.2, 0.25) is 0 Å². The van der Waals surface area contributed by atoms with Gasteiger partial charge in [-0.05, 0) is 32.0 Å². The van der Waals surface area contributed by atoms with Gasteiger partial charge < -0.3 is 0 Å². The van der Waals surface area contributed by atoms with Gasteiger partial charge in [0.05, 0.1) is 15.8 Å². The monoisotopic (exact) mass is 334 g/mol. The molecule has 7 nitrogen and oxygen atoms in total. The molecule has 21 heavy (non-hydrogen) atoms. The molecular formula is C12H15ClN2O5S. The summed E-state index contributed by atoms with van der Waals surface area (Å²) in [5.41, 5.74) is -0.658. The van der Waals surface area contributed by atoms with Crippen molar-refractivity contribution in [1.82, 2.24) is 9.13 Å². The minimum atomic E-state index is -4.40. The van der Waals surface area contributed by atoms with Gasteiger partial charge in [-0.15, -0.1) is 12.4 Å². The molecule has 1 N–H and O–H groups in total. The molecule has 0 radical (unpaired) electrons. The van der Waals surface area contributed by atoms with E-state index >= 15 is 0 Å². The Balaban J connectivity index is 0.00000220. The Morgan fingerprint density at radius 2 is 1.67 bits per heavy atom. The van der Waals surface area contributed by atoms with E-state index < -0.39 is 21.4 Å². The average molecular weight is 335 g/mol. The van der Waals surface area contributed by atoms with E-state index in [0.29, 0.717) is 12.1 Å². The molecule has 0 aliphatic carbocycles. The number of hydrogen-bond donors (Lipinski definition) is 1. The molecule has 0 saturated carbocycles. The summed E-state index contributed by atoms with van der Waals surface area (Å²) in [6.07, 6.45) is 0. The molecule has 0 amide bonds. The zero-order valence-electron chi connectivity index (χ0n) is 11.4. The number of fused-ring (bicyclic) bond motifs is 1. The van der Waals surface area contributed by atoms with Gasteiger partial charge >= 0.3 is 5.69 Å². The van der Waals surface area contributed by atoms with Crippen molar-refractivity contribution in [3.05, 3.63) is 39.0 Å². The van der Waals surface area contributed by atoms with Crippen molar-refractivity contribution in [2.24, 2.45) is 0 Å². The summed E-state index contributed by atoms with van der Waals surface area (Å²) in [5.74, 6) is 0. The van der Waals surface area contributed by atoms with Crippen molar-refractivity contribution >= 4 is 33.4 Å². The van der Waals surface area contributed by atoms with E-state index in [9.17, 15) is 18.0 Å². The van der Waals surface area contributed by atoms with Crippen molar-refractivity contribution in [3.8, 4) is 0 Å². The molecule has 1 aromatic heterocycles. The number of halogens is 1. The highest BCUT2D eigenvalue weighted by Gasteiger charge is 2.15. The Morgan fingerprint density at radius 1 is 1.10 bits per heavy atom. The van der Waals surface area contributed by atoms with Gasteiger partial charge in [0.15, 0.2) is 0 Å². The molecule has 1 aromatic carbocycles. The van der Waals surface area contributed by atoms with Crippen LogP contribution in [-0.2, 0) is 23.2 Å². The van der Waals surface area contributed by atoms with Gasteiger partial charge in [-0.25, -0.2) is 4.79 Å².